The lowest BCUT2D eigenvalue weighted by atomic mass is 9.91. The van der Waals surface area contributed by atoms with Gasteiger partial charge in [-0.2, -0.15) is 0 Å². The summed E-state index contributed by atoms with van der Waals surface area (Å²) < 4.78 is 0. The van der Waals surface area contributed by atoms with Crippen LogP contribution in [0, 0.1) is 0 Å². The molecule has 2 aromatic heterocycles. The lowest BCUT2D eigenvalue weighted by molar-refractivity contribution is 0.359. The summed E-state index contributed by atoms with van der Waals surface area (Å²) in [7, 11) is 0. The van der Waals surface area contributed by atoms with Crippen LogP contribution in [0.2, 0.25) is 0 Å². The average molecular weight is 316 g/mol. The van der Waals surface area contributed by atoms with Crippen molar-refractivity contribution in [3.05, 3.63) is 16.8 Å². The molecule has 0 saturated heterocycles. The molecule has 2 aliphatic carbocycles. The maximum atomic E-state index is 4.57. The predicted molar refractivity (Wildman–Crippen MR) is 92.8 cm³/mol. The van der Waals surface area contributed by atoms with Gasteiger partial charge in [0, 0.05) is 17.0 Å². The monoisotopic (exact) mass is 316 g/mol. The standard InChI is InChI=1S/C17H24N4S/c1-2-18-11-6-8-12(9-7-11)21-16-15-13-4-3-5-14(13)22-17(15)20-10-19-16/h10-12,18H,2-9H2,1H3,(H,19,20,21)/t11-,12-. The average Bonchev–Trinajstić information content (AvgIpc) is 3.10. The van der Waals surface area contributed by atoms with Crippen molar-refractivity contribution in [3.63, 3.8) is 0 Å². The summed E-state index contributed by atoms with van der Waals surface area (Å²) in [4.78, 5) is 11.8. The maximum absolute atomic E-state index is 4.57. The summed E-state index contributed by atoms with van der Waals surface area (Å²) in [6.07, 6.45) is 10.4. The molecule has 2 heterocycles. The van der Waals surface area contributed by atoms with Gasteiger partial charge < -0.3 is 10.6 Å². The molecule has 0 spiro atoms. The lowest BCUT2D eigenvalue weighted by Crippen LogP contribution is -2.36. The van der Waals surface area contributed by atoms with Gasteiger partial charge in [-0.3, -0.25) is 0 Å². The summed E-state index contributed by atoms with van der Waals surface area (Å²) in [5, 5.41) is 8.62. The normalized spacial score (nSPS) is 24.6. The Bertz CT molecular complexity index is 658. The molecule has 0 atom stereocenters. The van der Waals surface area contributed by atoms with Gasteiger partial charge in [-0.15, -0.1) is 11.3 Å². The number of nitrogens with zero attached hydrogens (tertiary/aromatic N) is 2. The second kappa shape index (κ2) is 6.13. The molecule has 2 N–H and O–H groups in total. The predicted octanol–water partition coefficient (Wildman–Crippen LogP) is 3.51. The number of aryl methyl sites for hydroxylation is 2. The first-order chi connectivity index (χ1) is 10.8. The number of thiophene rings is 1. The molecule has 2 aromatic rings. The van der Waals surface area contributed by atoms with Crippen molar-refractivity contribution in [1.29, 1.82) is 0 Å². The van der Waals surface area contributed by atoms with Crippen LogP contribution in [-0.2, 0) is 12.8 Å². The Labute approximate surface area is 135 Å². The Morgan fingerprint density at radius 1 is 1.14 bits per heavy atom. The highest BCUT2D eigenvalue weighted by molar-refractivity contribution is 7.19. The van der Waals surface area contributed by atoms with Gasteiger partial charge in [0.25, 0.3) is 0 Å². The summed E-state index contributed by atoms with van der Waals surface area (Å²) in [5.74, 6) is 1.08. The molecule has 5 heteroatoms. The first kappa shape index (κ1) is 14.4. The molecule has 0 unspecified atom stereocenters. The molecule has 2 aliphatic rings. The van der Waals surface area contributed by atoms with Crippen molar-refractivity contribution in [1.82, 2.24) is 15.3 Å². The molecule has 22 heavy (non-hydrogen) atoms. The van der Waals surface area contributed by atoms with Crippen molar-refractivity contribution in [3.8, 4) is 0 Å². The zero-order valence-corrected chi connectivity index (χ0v) is 14.0. The third-order valence-electron chi connectivity index (χ3n) is 5.06. The Kier molecular flexibility index (Phi) is 4.01. The number of fused-ring (bicyclic) bond motifs is 3. The summed E-state index contributed by atoms with van der Waals surface area (Å²) in [6.45, 7) is 3.27. The highest BCUT2D eigenvalue weighted by Crippen LogP contribution is 2.39. The number of hydrogen-bond donors (Lipinski definition) is 2. The van der Waals surface area contributed by atoms with E-state index in [4.69, 9.17) is 0 Å². The van der Waals surface area contributed by atoms with Crippen molar-refractivity contribution in [2.45, 2.75) is 64.0 Å². The first-order valence-electron chi connectivity index (χ1n) is 8.60. The summed E-state index contributed by atoms with van der Waals surface area (Å²) in [6, 6.07) is 1.27. The molecule has 0 aliphatic heterocycles. The molecule has 0 aromatic carbocycles. The van der Waals surface area contributed by atoms with E-state index in [0.717, 1.165) is 12.4 Å². The van der Waals surface area contributed by atoms with E-state index < -0.39 is 0 Å². The molecule has 1 saturated carbocycles. The van der Waals surface area contributed by atoms with Crippen LogP contribution >= 0.6 is 11.3 Å². The molecular weight excluding hydrogens is 292 g/mol. The van der Waals surface area contributed by atoms with E-state index >= 15 is 0 Å². The second-order valence-corrected chi connectivity index (χ2v) is 7.59. The van der Waals surface area contributed by atoms with E-state index in [1.807, 2.05) is 11.3 Å². The minimum atomic E-state index is 0.560. The van der Waals surface area contributed by atoms with Gasteiger partial charge in [0.1, 0.15) is 17.0 Å². The van der Waals surface area contributed by atoms with E-state index in [1.165, 1.54) is 65.6 Å². The van der Waals surface area contributed by atoms with Crippen molar-refractivity contribution in [2.75, 3.05) is 11.9 Å². The molecule has 4 rings (SSSR count). The number of anilines is 1. The molecule has 1 fully saturated rings. The fourth-order valence-electron chi connectivity index (χ4n) is 3.96. The number of aromatic nitrogens is 2. The zero-order chi connectivity index (χ0) is 14.9. The molecule has 118 valence electrons. The fraction of sp³-hybridized carbons (Fsp3) is 0.647. The van der Waals surface area contributed by atoms with Crippen LogP contribution in [0.5, 0.6) is 0 Å². The fourth-order valence-corrected chi connectivity index (χ4v) is 5.19. The van der Waals surface area contributed by atoms with Crippen LogP contribution in [0.3, 0.4) is 0 Å². The third-order valence-corrected chi connectivity index (χ3v) is 6.26. The number of nitrogens with one attached hydrogen (secondary N) is 2. The second-order valence-electron chi connectivity index (χ2n) is 6.51. The Morgan fingerprint density at radius 2 is 1.95 bits per heavy atom. The van der Waals surface area contributed by atoms with E-state index in [9.17, 15) is 0 Å². The first-order valence-corrected chi connectivity index (χ1v) is 9.42. The van der Waals surface area contributed by atoms with Gasteiger partial charge in [-0.05, 0) is 57.1 Å². The van der Waals surface area contributed by atoms with Crippen LogP contribution in [0.1, 0.15) is 49.5 Å². The minimum Gasteiger partial charge on any atom is -0.367 e. The van der Waals surface area contributed by atoms with Gasteiger partial charge in [-0.25, -0.2) is 9.97 Å². The van der Waals surface area contributed by atoms with Gasteiger partial charge in [0.05, 0.1) is 5.39 Å². The van der Waals surface area contributed by atoms with Crippen LogP contribution in [0.25, 0.3) is 10.2 Å². The van der Waals surface area contributed by atoms with Crippen LogP contribution in [0.4, 0.5) is 5.82 Å². The minimum absolute atomic E-state index is 0.560. The Morgan fingerprint density at radius 3 is 2.77 bits per heavy atom. The quantitative estimate of drug-likeness (QED) is 0.906. The molecule has 0 amide bonds. The van der Waals surface area contributed by atoms with Crippen LogP contribution in [0.15, 0.2) is 6.33 Å². The van der Waals surface area contributed by atoms with Crippen LogP contribution < -0.4 is 10.6 Å². The van der Waals surface area contributed by atoms with Crippen molar-refractivity contribution in [2.24, 2.45) is 0 Å². The Balaban J connectivity index is 1.53. The van der Waals surface area contributed by atoms with Gasteiger partial charge in [0.2, 0.25) is 0 Å². The Hall–Kier alpha value is -1.20. The highest BCUT2D eigenvalue weighted by atomic mass is 32.1. The third kappa shape index (κ3) is 2.61. The molecule has 0 bridgehead atoms. The summed E-state index contributed by atoms with van der Waals surface area (Å²) in [5.41, 5.74) is 1.52. The highest BCUT2D eigenvalue weighted by Gasteiger charge is 2.24. The smallest absolute Gasteiger partial charge is 0.138 e. The van der Waals surface area contributed by atoms with Gasteiger partial charge >= 0.3 is 0 Å². The molecule has 4 nitrogen and oxygen atoms in total. The van der Waals surface area contributed by atoms with Crippen molar-refractivity contribution < 1.29 is 0 Å². The van der Waals surface area contributed by atoms with E-state index in [2.05, 4.69) is 27.5 Å². The van der Waals surface area contributed by atoms with Gasteiger partial charge in [0.15, 0.2) is 0 Å². The van der Waals surface area contributed by atoms with E-state index in [0.29, 0.717) is 12.1 Å². The maximum Gasteiger partial charge on any atom is 0.138 e. The number of rotatable bonds is 4. The molecular formula is C17H24N4S. The SMILES string of the molecule is CCN[C@H]1CC[C@H](Nc2ncnc3sc4c(c23)CCC4)CC1. The molecule has 0 radical (unpaired) electrons. The van der Waals surface area contributed by atoms with Crippen molar-refractivity contribution >= 4 is 27.4 Å². The van der Waals surface area contributed by atoms with E-state index in [-0.39, 0.29) is 0 Å². The number of hydrogen-bond acceptors (Lipinski definition) is 5. The zero-order valence-electron chi connectivity index (χ0n) is 13.2. The van der Waals surface area contributed by atoms with E-state index in [1.54, 1.807) is 6.33 Å². The van der Waals surface area contributed by atoms with Crippen LogP contribution in [-0.4, -0.2) is 28.6 Å². The van der Waals surface area contributed by atoms with Gasteiger partial charge in [-0.1, -0.05) is 6.92 Å². The summed E-state index contributed by atoms with van der Waals surface area (Å²) >= 11 is 1.87. The topological polar surface area (TPSA) is 49.8 Å². The largest absolute Gasteiger partial charge is 0.367 e. The lowest BCUT2D eigenvalue weighted by Gasteiger charge is -2.30.